The Morgan fingerprint density at radius 3 is 2.95 bits per heavy atom. The van der Waals surface area contributed by atoms with Crippen molar-refractivity contribution >= 4 is 11.7 Å². The topological polar surface area (TPSA) is 61.4 Å². The first kappa shape index (κ1) is 14.8. The zero-order valence-corrected chi connectivity index (χ0v) is 11.9. The van der Waals surface area contributed by atoms with Gasteiger partial charge >= 0.3 is 6.03 Å². The Balaban J connectivity index is 1.97. The molecule has 4 nitrogen and oxygen atoms in total. The van der Waals surface area contributed by atoms with E-state index in [2.05, 4.69) is 10.6 Å². The van der Waals surface area contributed by atoms with E-state index in [4.69, 9.17) is 0 Å². The van der Waals surface area contributed by atoms with Crippen LogP contribution in [0, 0.1) is 18.2 Å². The second kappa shape index (κ2) is 5.79. The van der Waals surface area contributed by atoms with Crippen molar-refractivity contribution in [1.82, 2.24) is 5.32 Å². The maximum absolute atomic E-state index is 13.4. The fourth-order valence-corrected chi connectivity index (χ4v) is 2.66. The minimum absolute atomic E-state index is 0.0527. The maximum Gasteiger partial charge on any atom is 0.319 e. The molecule has 1 aliphatic rings. The van der Waals surface area contributed by atoms with Crippen LogP contribution in [0.1, 0.15) is 31.7 Å². The Morgan fingerprint density at radius 1 is 1.55 bits per heavy atom. The number of rotatable bonds is 3. The number of urea groups is 1. The lowest BCUT2D eigenvalue weighted by atomic mass is 9.86. The van der Waals surface area contributed by atoms with Crippen LogP contribution in [-0.4, -0.2) is 23.8 Å². The first-order valence-corrected chi connectivity index (χ1v) is 6.89. The molecule has 20 heavy (non-hydrogen) atoms. The van der Waals surface area contributed by atoms with Crippen LogP contribution in [0.25, 0.3) is 0 Å². The molecule has 2 rings (SSSR count). The standard InChI is InChI=1S/C15H21FN2O2/c1-10-5-6-11(8-12(10)16)17-14(20)18-13-4-3-7-15(13,2)9-19/h5-6,8,13,19H,3-4,7,9H2,1-2H3,(H2,17,18,20). The first-order chi connectivity index (χ1) is 9.44. The molecule has 1 saturated carbocycles. The lowest BCUT2D eigenvalue weighted by Crippen LogP contribution is -2.46. The summed E-state index contributed by atoms with van der Waals surface area (Å²) in [5, 5.41) is 14.9. The van der Waals surface area contributed by atoms with E-state index in [9.17, 15) is 14.3 Å². The molecule has 0 radical (unpaired) electrons. The van der Waals surface area contributed by atoms with Gasteiger partial charge in [0.1, 0.15) is 5.82 Å². The van der Waals surface area contributed by atoms with E-state index in [0.29, 0.717) is 11.3 Å². The Bertz CT molecular complexity index is 507. The molecule has 2 amide bonds. The van der Waals surface area contributed by atoms with Gasteiger partial charge in [0.05, 0.1) is 6.61 Å². The fraction of sp³-hybridized carbons (Fsp3) is 0.533. The van der Waals surface area contributed by atoms with Gasteiger partial charge < -0.3 is 15.7 Å². The van der Waals surface area contributed by atoms with E-state index < -0.39 is 0 Å². The second-order valence-electron chi connectivity index (χ2n) is 5.82. The van der Waals surface area contributed by atoms with E-state index in [-0.39, 0.29) is 29.9 Å². The van der Waals surface area contributed by atoms with Crippen LogP contribution < -0.4 is 10.6 Å². The van der Waals surface area contributed by atoms with Gasteiger partial charge in [0.2, 0.25) is 0 Å². The Morgan fingerprint density at radius 2 is 2.30 bits per heavy atom. The Kier molecular flexibility index (Phi) is 4.28. The van der Waals surface area contributed by atoms with Gasteiger partial charge in [0.15, 0.2) is 0 Å². The summed E-state index contributed by atoms with van der Waals surface area (Å²) in [7, 11) is 0. The highest BCUT2D eigenvalue weighted by atomic mass is 19.1. The number of anilines is 1. The number of halogens is 1. The van der Waals surface area contributed by atoms with Gasteiger partial charge in [-0.15, -0.1) is 0 Å². The number of aryl methyl sites for hydroxylation is 1. The van der Waals surface area contributed by atoms with E-state index >= 15 is 0 Å². The fourth-order valence-electron chi connectivity index (χ4n) is 2.66. The molecular weight excluding hydrogens is 259 g/mol. The van der Waals surface area contributed by atoms with Crippen molar-refractivity contribution in [2.45, 2.75) is 39.2 Å². The quantitative estimate of drug-likeness (QED) is 0.797. The van der Waals surface area contributed by atoms with Crippen molar-refractivity contribution in [1.29, 1.82) is 0 Å². The molecule has 1 fully saturated rings. The molecule has 0 saturated heterocycles. The zero-order valence-electron chi connectivity index (χ0n) is 11.9. The largest absolute Gasteiger partial charge is 0.396 e. The van der Waals surface area contributed by atoms with Crippen molar-refractivity contribution in [2.75, 3.05) is 11.9 Å². The molecule has 0 aliphatic heterocycles. The SMILES string of the molecule is Cc1ccc(NC(=O)NC2CCCC2(C)CO)cc1F. The molecule has 0 bridgehead atoms. The molecular formula is C15H21FN2O2. The summed E-state index contributed by atoms with van der Waals surface area (Å²) in [6, 6.07) is 4.17. The minimum Gasteiger partial charge on any atom is -0.396 e. The highest BCUT2D eigenvalue weighted by molar-refractivity contribution is 5.89. The number of hydrogen-bond acceptors (Lipinski definition) is 2. The third-order valence-corrected chi connectivity index (χ3v) is 4.18. The summed E-state index contributed by atoms with van der Waals surface area (Å²) < 4.78 is 13.4. The number of hydrogen-bond donors (Lipinski definition) is 3. The lowest BCUT2D eigenvalue weighted by molar-refractivity contribution is 0.122. The van der Waals surface area contributed by atoms with E-state index in [1.165, 1.54) is 6.07 Å². The van der Waals surface area contributed by atoms with Gasteiger partial charge in [-0.05, 0) is 37.5 Å². The summed E-state index contributed by atoms with van der Waals surface area (Å²) in [6.07, 6.45) is 2.74. The number of aliphatic hydroxyl groups excluding tert-OH is 1. The smallest absolute Gasteiger partial charge is 0.319 e. The normalized spacial score (nSPS) is 25.5. The molecule has 2 atom stereocenters. The maximum atomic E-state index is 13.4. The van der Waals surface area contributed by atoms with Gasteiger partial charge in [-0.3, -0.25) is 0 Å². The van der Waals surface area contributed by atoms with Crippen molar-refractivity contribution in [3.8, 4) is 0 Å². The van der Waals surface area contributed by atoms with E-state index in [1.54, 1.807) is 19.1 Å². The molecule has 1 aromatic rings. The van der Waals surface area contributed by atoms with Gasteiger partial charge in [-0.25, -0.2) is 9.18 Å². The number of nitrogens with one attached hydrogen (secondary N) is 2. The van der Waals surface area contributed by atoms with Crippen molar-refractivity contribution in [3.63, 3.8) is 0 Å². The van der Waals surface area contributed by atoms with Crippen LogP contribution in [-0.2, 0) is 0 Å². The summed E-state index contributed by atoms with van der Waals surface area (Å²) in [5.74, 6) is -0.344. The summed E-state index contributed by atoms with van der Waals surface area (Å²) in [6.45, 7) is 3.69. The number of benzene rings is 1. The number of carbonyl (C=O) groups excluding carboxylic acids is 1. The molecule has 2 unspecified atom stereocenters. The summed E-state index contributed by atoms with van der Waals surface area (Å²) >= 11 is 0. The molecule has 3 N–H and O–H groups in total. The average Bonchev–Trinajstić information content (AvgIpc) is 2.76. The highest BCUT2D eigenvalue weighted by Gasteiger charge is 2.39. The van der Waals surface area contributed by atoms with E-state index in [1.807, 2.05) is 6.92 Å². The minimum atomic E-state index is -0.361. The highest BCUT2D eigenvalue weighted by Crippen LogP contribution is 2.37. The number of carbonyl (C=O) groups is 1. The van der Waals surface area contributed by atoms with Crippen LogP contribution in [0.2, 0.25) is 0 Å². The molecule has 1 aromatic carbocycles. The summed E-state index contributed by atoms with van der Waals surface area (Å²) in [5.41, 5.74) is 0.699. The first-order valence-electron chi connectivity index (χ1n) is 6.89. The second-order valence-corrected chi connectivity index (χ2v) is 5.82. The number of amides is 2. The van der Waals surface area contributed by atoms with Gasteiger partial charge in [-0.1, -0.05) is 19.4 Å². The monoisotopic (exact) mass is 280 g/mol. The third kappa shape index (κ3) is 3.10. The van der Waals surface area contributed by atoms with Gasteiger partial charge in [-0.2, -0.15) is 0 Å². The van der Waals surface area contributed by atoms with Gasteiger partial charge in [0, 0.05) is 17.1 Å². The van der Waals surface area contributed by atoms with Crippen molar-refractivity contribution in [2.24, 2.45) is 5.41 Å². The van der Waals surface area contributed by atoms with Crippen LogP contribution >= 0.6 is 0 Å². The zero-order chi connectivity index (χ0) is 14.8. The molecule has 5 heteroatoms. The van der Waals surface area contributed by atoms with E-state index in [0.717, 1.165) is 19.3 Å². The van der Waals surface area contributed by atoms with Crippen LogP contribution in [0.5, 0.6) is 0 Å². The van der Waals surface area contributed by atoms with Crippen LogP contribution in [0.3, 0.4) is 0 Å². The predicted octanol–water partition coefficient (Wildman–Crippen LogP) is 2.81. The molecule has 0 aromatic heterocycles. The molecule has 1 aliphatic carbocycles. The lowest BCUT2D eigenvalue weighted by Gasteiger charge is -2.30. The Labute approximate surface area is 118 Å². The molecule has 0 spiro atoms. The Hall–Kier alpha value is -1.62. The van der Waals surface area contributed by atoms with Crippen molar-refractivity contribution in [3.05, 3.63) is 29.6 Å². The van der Waals surface area contributed by atoms with Crippen LogP contribution in [0.15, 0.2) is 18.2 Å². The van der Waals surface area contributed by atoms with Crippen LogP contribution in [0.4, 0.5) is 14.9 Å². The van der Waals surface area contributed by atoms with Crippen molar-refractivity contribution < 1.29 is 14.3 Å². The summed E-state index contributed by atoms with van der Waals surface area (Å²) in [4.78, 5) is 11.9. The predicted molar refractivity (Wildman–Crippen MR) is 76.1 cm³/mol. The average molecular weight is 280 g/mol. The third-order valence-electron chi connectivity index (χ3n) is 4.18. The number of aliphatic hydroxyl groups is 1. The molecule has 0 heterocycles. The molecule has 110 valence electrons. The van der Waals surface area contributed by atoms with Gasteiger partial charge in [0.25, 0.3) is 0 Å².